The van der Waals surface area contributed by atoms with E-state index in [9.17, 15) is 0 Å². The van der Waals surface area contributed by atoms with Gasteiger partial charge >= 0.3 is 15.1 Å². The van der Waals surface area contributed by atoms with E-state index < -0.39 is 0 Å². The first kappa shape index (κ1) is 11.0. The zero-order chi connectivity index (χ0) is 10.2. The van der Waals surface area contributed by atoms with Crippen LogP contribution in [-0.2, 0) is 9.31 Å². The van der Waals surface area contributed by atoms with Crippen molar-refractivity contribution in [1.29, 1.82) is 0 Å². The summed E-state index contributed by atoms with van der Waals surface area (Å²) in [6, 6.07) is 1.81. The molecule has 0 aliphatic carbocycles. The van der Waals surface area contributed by atoms with Crippen molar-refractivity contribution < 1.29 is 9.31 Å². The fourth-order valence-corrected chi connectivity index (χ4v) is 0.895. The molecule has 0 fully saturated rings. The molecule has 0 aromatic carbocycles. The van der Waals surface area contributed by atoms with E-state index >= 15 is 0 Å². The average Bonchev–Trinajstić information content (AvgIpc) is 2.71. The van der Waals surface area contributed by atoms with Gasteiger partial charge < -0.3 is 19.9 Å². The number of hydrogen-bond acceptors (Lipinski definition) is 5. The Morgan fingerprint density at radius 1 is 1.71 bits per heavy atom. The molecular formula is C6H12B2N4O2. The van der Waals surface area contributed by atoms with Gasteiger partial charge in [-0.1, -0.05) is 0 Å². The van der Waals surface area contributed by atoms with Gasteiger partial charge in [0.05, 0.1) is 6.73 Å². The smallest absolute Gasteiger partial charge is 0.416 e. The van der Waals surface area contributed by atoms with Gasteiger partial charge in [0.1, 0.15) is 5.73 Å². The van der Waals surface area contributed by atoms with Gasteiger partial charge in [0.15, 0.2) is 0 Å². The normalized spacial score (nSPS) is 11.4. The van der Waals surface area contributed by atoms with Gasteiger partial charge in [-0.3, -0.25) is 0 Å². The Balaban J connectivity index is 2.62. The lowest BCUT2D eigenvalue weighted by atomic mass is 9.98. The van der Waals surface area contributed by atoms with Crippen molar-refractivity contribution in [1.82, 2.24) is 9.78 Å². The van der Waals surface area contributed by atoms with E-state index in [-0.39, 0.29) is 14.3 Å². The van der Waals surface area contributed by atoms with E-state index in [0.29, 0.717) is 13.2 Å². The van der Waals surface area contributed by atoms with Crippen LogP contribution in [0.15, 0.2) is 23.4 Å². The van der Waals surface area contributed by atoms with Crippen LogP contribution in [-0.4, -0.2) is 44.5 Å². The van der Waals surface area contributed by atoms with Crippen LogP contribution < -0.4 is 5.73 Å². The van der Waals surface area contributed by atoms with Crippen LogP contribution in [0.1, 0.15) is 0 Å². The third-order valence-corrected chi connectivity index (χ3v) is 1.49. The van der Waals surface area contributed by atoms with E-state index in [1.165, 1.54) is 0 Å². The van der Waals surface area contributed by atoms with E-state index in [2.05, 4.69) is 10.0 Å². The van der Waals surface area contributed by atoms with Crippen molar-refractivity contribution in [2.24, 2.45) is 10.6 Å². The Morgan fingerprint density at radius 2 is 2.57 bits per heavy atom. The monoisotopic (exact) mass is 194 g/mol. The molecule has 0 bridgehead atoms. The van der Waals surface area contributed by atoms with Crippen LogP contribution in [0.4, 0.5) is 0 Å². The molecule has 1 aromatic rings. The van der Waals surface area contributed by atoms with Crippen molar-refractivity contribution >= 4 is 20.8 Å². The van der Waals surface area contributed by atoms with Crippen LogP contribution >= 0.6 is 0 Å². The molecule has 0 radical (unpaired) electrons. The molecule has 14 heavy (non-hydrogen) atoms. The Bertz CT molecular complexity index is 277. The lowest BCUT2D eigenvalue weighted by Crippen LogP contribution is -2.25. The first-order chi connectivity index (χ1) is 6.88. The summed E-state index contributed by atoms with van der Waals surface area (Å²) in [5, 5.41) is 4.03. The summed E-state index contributed by atoms with van der Waals surface area (Å²) in [6.45, 7) is 0.160. The summed E-state index contributed by atoms with van der Waals surface area (Å²) in [4.78, 5) is 4.14. The van der Waals surface area contributed by atoms with Gasteiger partial charge in [0, 0.05) is 19.5 Å². The van der Waals surface area contributed by atoms with Crippen molar-refractivity contribution in [2.75, 3.05) is 13.8 Å². The largest absolute Gasteiger partial charge is 0.421 e. The van der Waals surface area contributed by atoms with Gasteiger partial charge in [-0.05, 0) is 6.07 Å². The first-order valence-corrected chi connectivity index (χ1v) is 4.18. The maximum Gasteiger partial charge on any atom is 0.416 e. The molecule has 2 N–H and O–H groups in total. The highest BCUT2D eigenvalue weighted by molar-refractivity contribution is 6.71. The van der Waals surface area contributed by atoms with Gasteiger partial charge in [0.2, 0.25) is 0 Å². The van der Waals surface area contributed by atoms with Gasteiger partial charge in [-0.15, -0.1) is 0 Å². The fourth-order valence-electron chi connectivity index (χ4n) is 0.895. The molecule has 8 heteroatoms. The van der Waals surface area contributed by atoms with Crippen LogP contribution in [0.3, 0.4) is 0 Å². The van der Waals surface area contributed by atoms with Crippen LogP contribution in [0, 0.1) is 0 Å². The molecule has 0 saturated heterocycles. The number of nitrogens with zero attached hydrogens (tertiary/aromatic N) is 3. The molecule has 0 aliphatic heterocycles. The van der Waals surface area contributed by atoms with E-state index in [4.69, 9.17) is 15.0 Å². The summed E-state index contributed by atoms with van der Waals surface area (Å²) in [5.74, 6) is 0. The molecule has 1 heterocycles. The summed E-state index contributed by atoms with van der Waals surface area (Å²) in [5.41, 5.74) is 5.89. The number of hydrogen-bond donors (Lipinski definition) is 1. The summed E-state index contributed by atoms with van der Waals surface area (Å²) < 4.78 is 11.5. The molecule has 0 aliphatic rings. The zero-order valence-corrected chi connectivity index (χ0v) is 8.09. The molecular weight excluding hydrogens is 182 g/mol. The molecule has 0 unspecified atom stereocenters. The zero-order valence-electron chi connectivity index (χ0n) is 8.09. The highest BCUT2D eigenvalue weighted by atomic mass is 16.4. The Morgan fingerprint density at radius 3 is 3.14 bits per heavy atom. The standard InChI is InChI=1S/C6H12B2N4O2/c1-13-8-11-6(7-14-5-9)12-4-2-3-10-12/h2-4,7-8H,5,9H2,1H3/b11-6-. The molecule has 0 atom stereocenters. The fraction of sp³-hybridized carbons (Fsp3) is 0.333. The molecule has 0 spiro atoms. The lowest BCUT2D eigenvalue weighted by molar-refractivity contribution is 0.356. The SMILES string of the molecule is COB/N=C(/BOCN)n1cccn1. The van der Waals surface area contributed by atoms with Crippen molar-refractivity contribution in [3.05, 3.63) is 18.5 Å². The maximum absolute atomic E-state index is 5.22. The Hall–Kier alpha value is -1.11. The van der Waals surface area contributed by atoms with Crippen molar-refractivity contribution in [2.45, 2.75) is 0 Å². The van der Waals surface area contributed by atoms with Gasteiger partial charge in [0.25, 0.3) is 0 Å². The van der Waals surface area contributed by atoms with Crippen molar-refractivity contribution in [3.8, 4) is 0 Å². The first-order valence-electron chi connectivity index (χ1n) is 4.18. The number of rotatable bonds is 5. The summed E-state index contributed by atoms with van der Waals surface area (Å²) in [7, 11) is 2.18. The van der Waals surface area contributed by atoms with Crippen molar-refractivity contribution in [3.63, 3.8) is 0 Å². The van der Waals surface area contributed by atoms with E-state index in [0.717, 1.165) is 0 Å². The minimum atomic E-state index is 0.160. The Labute approximate surface area is 83.7 Å². The third kappa shape index (κ3) is 3.33. The second-order valence-electron chi connectivity index (χ2n) is 2.46. The maximum atomic E-state index is 5.22. The molecule has 0 amide bonds. The topological polar surface area (TPSA) is 74.7 Å². The summed E-state index contributed by atoms with van der Waals surface area (Å²) in [6.07, 6.45) is 3.46. The third-order valence-electron chi connectivity index (χ3n) is 1.49. The predicted octanol–water partition coefficient (Wildman–Crippen LogP) is -1.72. The van der Waals surface area contributed by atoms with Gasteiger partial charge in [-0.2, -0.15) is 5.10 Å². The van der Waals surface area contributed by atoms with Gasteiger partial charge in [-0.25, -0.2) is 4.68 Å². The number of nitrogens with two attached hydrogens (primary N) is 1. The highest BCUT2D eigenvalue weighted by Gasteiger charge is 2.05. The van der Waals surface area contributed by atoms with E-state index in [1.54, 1.807) is 24.2 Å². The molecule has 6 nitrogen and oxygen atoms in total. The molecule has 1 aromatic heterocycles. The number of aromatic nitrogens is 2. The minimum absolute atomic E-state index is 0.160. The van der Waals surface area contributed by atoms with Crippen LogP contribution in [0.2, 0.25) is 0 Å². The quantitative estimate of drug-likeness (QED) is 0.262. The average molecular weight is 194 g/mol. The molecule has 1 rings (SSSR count). The second kappa shape index (κ2) is 6.36. The van der Waals surface area contributed by atoms with E-state index in [1.807, 2.05) is 6.07 Å². The molecule has 0 saturated carbocycles. The highest BCUT2D eigenvalue weighted by Crippen LogP contribution is 1.87. The molecule has 74 valence electrons. The van der Waals surface area contributed by atoms with Crippen LogP contribution in [0.5, 0.6) is 0 Å². The second-order valence-corrected chi connectivity index (χ2v) is 2.46. The predicted molar refractivity (Wildman–Crippen MR) is 56.5 cm³/mol. The lowest BCUT2D eigenvalue weighted by Gasteiger charge is -2.04. The Kier molecular flexibility index (Phi) is 4.98. The van der Waals surface area contributed by atoms with Crippen LogP contribution in [0.25, 0.3) is 0 Å². The minimum Gasteiger partial charge on any atom is -0.421 e. The summed E-state index contributed by atoms with van der Waals surface area (Å²) >= 11 is 0.